The maximum Gasteiger partial charge on any atom is 0.131 e. The van der Waals surface area contributed by atoms with Gasteiger partial charge in [-0.15, -0.1) is 0 Å². The van der Waals surface area contributed by atoms with Gasteiger partial charge in [-0.1, -0.05) is 18.2 Å². The van der Waals surface area contributed by atoms with Crippen LogP contribution in [0.15, 0.2) is 48.5 Å². The second kappa shape index (κ2) is 5.74. The van der Waals surface area contributed by atoms with E-state index in [1.165, 1.54) is 0 Å². The third-order valence-corrected chi connectivity index (χ3v) is 2.51. The Morgan fingerprint density at radius 2 is 1.83 bits per heavy atom. The Morgan fingerprint density at radius 3 is 2.50 bits per heavy atom. The van der Waals surface area contributed by atoms with Gasteiger partial charge in [-0.05, 0) is 30.3 Å². The van der Waals surface area contributed by atoms with E-state index in [1.807, 2.05) is 48.5 Å². The molecule has 2 aromatic rings. The Morgan fingerprint density at radius 1 is 1.06 bits per heavy atom. The van der Waals surface area contributed by atoms with Crippen molar-refractivity contribution in [1.82, 2.24) is 0 Å². The Hall–Kier alpha value is -2.47. The fourth-order valence-electron chi connectivity index (χ4n) is 1.62. The Labute approximate surface area is 106 Å². The predicted octanol–water partition coefficient (Wildman–Crippen LogP) is 3.55. The zero-order valence-corrected chi connectivity index (χ0v) is 10.1. The van der Waals surface area contributed by atoms with E-state index in [0.29, 0.717) is 12.2 Å². The minimum atomic E-state index is 0.291. The first-order valence-electron chi connectivity index (χ1n) is 5.60. The lowest BCUT2D eigenvalue weighted by atomic mass is 10.1. The van der Waals surface area contributed by atoms with Crippen LogP contribution in [0.4, 0.5) is 0 Å². The number of nitrogens with zero attached hydrogens (tertiary/aromatic N) is 1. The fraction of sp³-hybridized carbons (Fsp3) is 0.133. The van der Waals surface area contributed by atoms with E-state index < -0.39 is 0 Å². The van der Waals surface area contributed by atoms with Crippen molar-refractivity contribution in [1.29, 1.82) is 5.26 Å². The van der Waals surface area contributed by atoms with Crippen LogP contribution in [-0.4, -0.2) is 7.11 Å². The first kappa shape index (κ1) is 12.0. The van der Waals surface area contributed by atoms with E-state index >= 15 is 0 Å². The molecule has 0 aromatic heterocycles. The number of methoxy groups -OCH3 is 1. The molecule has 0 aliphatic rings. The van der Waals surface area contributed by atoms with E-state index in [4.69, 9.17) is 14.7 Å². The van der Waals surface area contributed by atoms with Crippen LogP contribution < -0.4 is 9.47 Å². The zero-order valence-electron chi connectivity index (χ0n) is 10.1. The summed E-state index contributed by atoms with van der Waals surface area (Å²) in [7, 11) is 1.60. The summed E-state index contributed by atoms with van der Waals surface area (Å²) in [5.41, 5.74) is 0.820. The van der Waals surface area contributed by atoms with E-state index in [1.54, 1.807) is 7.11 Å². The molecule has 3 nitrogen and oxygen atoms in total. The molecule has 0 aliphatic carbocycles. The maximum absolute atomic E-state index is 8.83. The van der Waals surface area contributed by atoms with E-state index in [2.05, 4.69) is 6.07 Å². The van der Waals surface area contributed by atoms with Crippen molar-refractivity contribution < 1.29 is 9.47 Å². The van der Waals surface area contributed by atoms with Gasteiger partial charge in [0.2, 0.25) is 0 Å². The van der Waals surface area contributed by atoms with Crippen molar-refractivity contribution in [3.05, 3.63) is 54.1 Å². The van der Waals surface area contributed by atoms with Crippen molar-refractivity contribution in [2.45, 2.75) is 6.42 Å². The van der Waals surface area contributed by atoms with Crippen molar-refractivity contribution in [3.63, 3.8) is 0 Å². The molecule has 18 heavy (non-hydrogen) atoms. The molecule has 0 saturated carbocycles. The van der Waals surface area contributed by atoms with Crippen molar-refractivity contribution >= 4 is 0 Å². The number of para-hydroxylation sites is 1. The number of hydrogen-bond acceptors (Lipinski definition) is 3. The molecule has 2 rings (SSSR count). The zero-order chi connectivity index (χ0) is 12.8. The monoisotopic (exact) mass is 239 g/mol. The molecule has 0 spiro atoms. The third-order valence-electron chi connectivity index (χ3n) is 2.51. The van der Waals surface area contributed by atoms with E-state index in [-0.39, 0.29) is 0 Å². The van der Waals surface area contributed by atoms with Gasteiger partial charge in [0.05, 0.1) is 19.6 Å². The number of rotatable bonds is 4. The van der Waals surface area contributed by atoms with Gasteiger partial charge in [0.15, 0.2) is 0 Å². The molecule has 0 atom stereocenters. The molecule has 0 N–H and O–H groups in total. The van der Waals surface area contributed by atoms with Crippen molar-refractivity contribution in [2.75, 3.05) is 7.11 Å². The average molecular weight is 239 g/mol. The van der Waals surface area contributed by atoms with Crippen molar-refractivity contribution in [2.24, 2.45) is 0 Å². The summed E-state index contributed by atoms with van der Waals surface area (Å²) in [6.07, 6.45) is 0.291. The second-order valence-corrected chi connectivity index (χ2v) is 3.72. The summed E-state index contributed by atoms with van der Waals surface area (Å²) in [6, 6.07) is 17.1. The molecule has 2 aromatic carbocycles. The first-order valence-corrected chi connectivity index (χ1v) is 5.60. The molecular formula is C15H13NO2. The molecule has 0 bridgehead atoms. The Balaban J connectivity index is 2.30. The van der Waals surface area contributed by atoms with Crippen LogP contribution in [-0.2, 0) is 6.42 Å². The van der Waals surface area contributed by atoms with Crippen LogP contribution in [0.3, 0.4) is 0 Å². The lowest BCUT2D eigenvalue weighted by molar-refractivity contribution is 0.412. The number of nitriles is 1. The lowest BCUT2D eigenvalue weighted by Crippen LogP contribution is -1.92. The normalized spacial score (nSPS) is 9.56. The van der Waals surface area contributed by atoms with Gasteiger partial charge >= 0.3 is 0 Å². The fourth-order valence-corrected chi connectivity index (χ4v) is 1.62. The van der Waals surface area contributed by atoms with Crippen LogP contribution in [0.5, 0.6) is 17.2 Å². The molecular weight excluding hydrogens is 226 g/mol. The third kappa shape index (κ3) is 2.80. The number of ether oxygens (including phenoxy) is 2. The summed E-state index contributed by atoms with van der Waals surface area (Å²) in [4.78, 5) is 0. The molecule has 0 aliphatic heterocycles. The molecule has 90 valence electrons. The number of hydrogen-bond donors (Lipinski definition) is 0. The topological polar surface area (TPSA) is 42.2 Å². The highest BCUT2D eigenvalue weighted by Gasteiger charge is 2.06. The molecule has 3 heteroatoms. The Kier molecular flexibility index (Phi) is 3.83. The summed E-state index contributed by atoms with van der Waals surface area (Å²) in [5, 5.41) is 8.83. The summed E-state index contributed by atoms with van der Waals surface area (Å²) >= 11 is 0. The van der Waals surface area contributed by atoms with Gasteiger partial charge < -0.3 is 9.47 Å². The first-order chi connectivity index (χ1) is 8.83. The van der Waals surface area contributed by atoms with Crippen molar-refractivity contribution in [3.8, 4) is 23.3 Å². The van der Waals surface area contributed by atoms with Crippen LogP contribution in [0.1, 0.15) is 5.56 Å². The molecule has 0 fully saturated rings. The number of benzene rings is 2. The average Bonchev–Trinajstić information content (AvgIpc) is 2.42. The summed E-state index contributed by atoms with van der Waals surface area (Å²) < 4.78 is 10.9. The van der Waals surface area contributed by atoms with Gasteiger partial charge in [0.25, 0.3) is 0 Å². The highest BCUT2D eigenvalue weighted by molar-refractivity contribution is 5.44. The minimum Gasteiger partial charge on any atom is -0.497 e. The van der Waals surface area contributed by atoms with Gasteiger partial charge in [-0.2, -0.15) is 5.26 Å². The van der Waals surface area contributed by atoms with Gasteiger partial charge in [-0.25, -0.2) is 0 Å². The van der Waals surface area contributed by atoms with Gasteiger partial charge in [0.1, 0.15) is 17.2 Å². The summed E-state index contributed by atoms with van der Waals surface area (Å²) in [5.74, 6) is 2.16. The predicted molar refractivity (Wildman–Crippen MR) is 68.8 cm³/mol. The SMILES string of the molecule is COc1ccc(Oc2ccccc2)c(CC#N)c1. The molecule has 0 radical (unpaired) electrons. The second-order valence-electron chi connectivity index (χ2n) is 3.72. The van der Waals surface area contributed by atoms with E-state index in [9.17, 15) is 0 Å². The minimum absolute atomic E-state index is 0.291. The van der Waals surface area contributed by atoms with Gasteiger partial charge in [-0.3, -0.25) is 0 Å². The Bertz CT molecular complexity index is 558. The van der Waals surface area contributed by atoms with Gasteiger partial charge in [0, 0.05) is 5.56 Å². The quantitative estimate of drug-likeness (QED) is 0.819. The molecule has 0 saturated heterocycles. The maximum atomic E-state index is 8.83. The highest BCUT2D eigenvalue weighted by atomic mass is 16.5. The van der Waals surface area contributed by atoms with Crippen LogP contribution in [0, 0.1) is 11.3 Å². The van der Waals surface area contributed by atoms with Crippen LogP contribution in [0.25, 0.3) is 0 Å². The molecule has 0 amide bonds. The highest BCUT2D eigenvalue weighted by Crippen LogP contribution is 2.28. The molecule has 0 heterocycles. The lowest BCUT2D eigenvalue weighted by Gasteiger charge is -2.10. The molecule has 0 unspecified atom stereocenters. The standard InChI is InChI=1S/C15H13NO2/c1-17-14-7-8-15(12(11-14)9-10-16)18-13-5-3-2-4-6-13/h2-8,11H,9H2,1H3. The van der Waals surface area contributed by atoms with Crippen LogP contribution >= 0.6 is 0 Å². The summed E-state index contributed by atoms with van der Waals surface area (Å²) in [6.45, 7) is 0. The van der Waals surface area contributed by atoms with Crippen LogP contribution in [0.2, 0.25) is 0 Å². The van der Waals surface area contributed by atoms with E-state index in [0.717, 1.165) is 17.1 Å². The largest absolute Gasteiger partial charge is 0.497 e. The smallest absolute Gasteiger partial charge is 0.131 e.